The minimum Gasteiger partial charge on any atom is -0.488 e. The molecule has 1 saturated carbocycles. The van der Waals surface area contributed by atoms with E-state index in [1.165, 1.54) is 12.8 Å². The standard InChI is InChI=1S/C22H21IN2O/c23-18-8-10-19(11-9-18)26-21-15-17(14-20-22(21)25-13-12-24-20)16-6-4-2-1-3-5-7-16/h1-7,12-15,18-19H,8-11H2/b2-1-,3-1?,4-2?,5-3-,6-4-,7-5?,16-6?,16-7+. The zero-order valence-corrected chi connectivity index (χ0v) is 16.7. The Balaban J connectivity index is 1.71. The summed E-state index contributed by atoms with van der Waals surface area (Å²) in [5.41, 5.74) is 3.96. The van der Waals surface area contributed by atoms with Crippen LogP contribution in [0.25, 0.3) is 16.6 Å². The van der Waals surface area contributed by atoms with Crippen LogP contribution in [-0.2, 0) is 0 Å². The summed E-state index contributed by atoms with van der Waals surface area (Å²) >= 11 is 2.55. The second-order valence-corrected chi connectivity index (χ2v) is 8.40. The molecular formula is C22H21IN2O. The Kier molecular flexibility index (Phi) is 5.48. The minimum absolute atomic E-state index is 0.270. The van der Waals surface area contributed by atoms with Crippen molar-refractivity contribution in [1.29, 1.82) is 0 Å². The smallest absolute Gasteiger partial charge is 0.148 e. The van der Waals surface area contributed by atoms with E-state index in [0.717, 1.165) is 44.7 Å². The van der Waals surface area contributed by atoms with Crippen LogP contribution >= 0.6 is 22.6 Å². The van der Waals surface area contributed by atoms with E-state index in [-0.39, 0.29) is 6.10 Å². The average molecular weight is 456 g/mol. The summed E-state index contributed by atoms with van der Waals surface area (Å²) in [6.45, 7) is 0. The number of rotatable bonds is 3. The molecule has 0 amide bonds. The molecule has 1 aromatic carbocycles. The number of hydrogen-bond acceptors (Lipinski definition) is 3. The fraction of sp³-hybridized carbons (Fsp3) is 0.273. The predicted octanol–water partition coefficient (Wildman–Crippen LogP) is 5.82. The van der Waals surface area contributed by atoms with Crippen molar-refractivity contribution >= 4 is 39.2 Å². The van der Waals surface area contributed by atoms with Crippen molar-refractivity contribution in [3.8, 4) is 5.75 Å². The zero-order chi connectivity index (χ0) is 17.8. The van der Waals surface area contributed by atoms with Gasteiger partial charge in [0.2, 0.25) is 0 Å². The van der Waals surface area contributed by atoms with Crippen molar-refractivity contribution in [3.05, 3.63) is 72.6 Å². The van der Waals surface area contributed by atoms with Gasteiger partial charge in [-0.05, 0) is 49.0 Å². The van der Waals surface area contributed by atoms with Gasteiger partial charge in [0.25, 0.3) is 0 Å². The maximum atomic E-state index is 6.42. The molecule has 1 heterocycles. The summed E-state index contributed by atoms with van der Waals surface area (Å²) in [7, 11) is 0. The van der Waals surface area contributed by atoms with Gasteiger partial charge in [0.15, 0.2) is 0 Å². The molecular weight excluding hydrogens is 435 g/mol. The van der Waals surface area contributed by atoms with Crippen LogP contribution in [0.15, 0.2) is 67.1 Å². The number of hydrogen-bond donors (Lipinski definition) is 0. The third-order valence-electron chi connectivity index (χ3n) is 4.77. The highest BCUT2D eigenvalue weighted by molar-refractivity contribution is 14.1. The first kappa shape index (κ1) is 17.5. The first-order valence-corrected chi connectivity index (χ1v) is 10.3. The molecule has 0 aliphatic heterocycles. The van der Waals surface area contributed by atoms with Gasteiger partial charge in [0, 0.05) is 16.3 Å². The number of benzene rings is 1. The molecule has 0 radical (unpaired) electrons. The number of halogens is 1. The average Bonchev–Trinajstić information content (AvgIpc) is 2.63. The van der Waals surface area contributed by atoms with Crippen LogP contribution in [0, 0.1) is 0 Å². The van der Waals surface area contributed by atoms with Crippen LogP contribution in [0.1, 0.15) is 31.2 Å². The molecule has 2 aliphatic rings. The Morgan fingerprint density at radius 3 is 2.54 bits per heavy atom. The van der Waals surface area contributed by atoms with Gasteiger partial charge in [-0.1, -0.05) is 65.1 Å². The van der Waals surface area contributed by atoms with Crippen molar-refractivity contribution in [2.24, 2.45) is 0 Å². The molecule has 3 nitrogen and oxygen atoms in total. The molecule has 0 bridgehead atoms. The van der Waals surface area contributed by atoms with Gasteiger partial charge >= 0.3 is 0 Å². The van der Waals surface area contributed by atoms with E-state index in [0.29, 0.717) is 0 Å². The van der Waals surface area contributed by atoms with Crippen LogP contribution in [0.5, 0.6) is 5.75 Å². The lowest BCUT2D eigenvalue weighted by molar-refractivity contribution is 0.160. The number of fused-ring (bicyclic) bond motifs is 1. The van der Waals surface area contributed by atoms with Gasteiger partial charge in [0.1, 0.15) is 11.3 Å². The lowest BCUT2D eigenvalue weighted by Crippen LogP contribution is -2.24. The Morgan fingerprint density at radius 1 is 0.885 bits per heavy atom. The highest BCUT2D eigenvalue weighted by Gasteiger charge is 2.22. The number of nitrogens with zero attached hydrogens (tertiary/aromatic N) is 2. The topological polar surface area (TPSA) is 35.0 Å². The number of ether oxygens (including phenoxy) is 1. The Bertz CT molecular complexity index is 905. The van der Waals surface area contributed by atoms with E-state index in [1.54, 1.807) is 12.4 Å². The molecule has 4 heteroatoms. The Hall–Kier alpha value is -1.95. The monoisotopic (exact) mass is 456 g/mol. The maximum Gasteiger partial charge on any atom is 0.148 e. The lowest BCUT2D eigenvalue weighted by atomic mass is 9.97. The van der Waals surface area contributed by atoms with Crippen molar-refractivity contribution in [3.63, 3.8) is 0 Å². The minimum atomic E-state index is 0.270. The number of alkyl halides is 1. The fourth-order valence-electron chi connectivity index (χ4n) is 3.38. The van der Waals surface area contributed by atoms with E-state index < -0.39 is 0 Å². The quantitative estimate of drug-likeness (QED) is 0.431. The van der Waals surface area contributed by atoms with Crippen LogP contribution < -0.4 is 4.74 Å². The second-order valence-electron chi connectivity index (χ2n) is 6.64. The lowest BCUT2D eigenvalue weighted by Gasteiger charge is -2.26. The fourth-order valence-corrected chi connectivity index (χ4v) is 4.10. The Labute approximate surface area is 167 Å². The van der Waals surface area contributed by atoms with Gasteiger partial charge in [-0.3, -0.25) is 4.98 Å². The van der Waals surface area contributed by atoms with Gasteiger partial charge < -0.3 is 4.74 Å². The third kappa shape index (κ3) is 4.06. The van der Waals surface area contributed by atoms with E-state index >= 15 is 0 Å². The third-order valence-corrected chi connectivity index (χ3v) is 6.01. The Morgan fingerprint density at radius 2 is 1.65 bits per heavy atom. The molecule has 1 aromatic heterocycles. The molecule has 4 rings (SSSR count). The van der Waals surface area contributed by atoms with Crippen LogP contribution in [0.2, 0.25) is 0 Å². The second kappa shape index (κ2) is 8.16. The first-order chi connectivity index (χ1) is 12.8. The van der Waals surface area contributed by atoms with Crippen LogP contribution in [0.3, 0.4) is 0 Å². The van der Waals surface area contributed by atoms with Gasteiger partial charge in [-0.25, -0.2) is 4.98 Å². The number of allylic oxidation sites excluding steroid dienone is 8. The van der Waals surface area contributed by atoms with Crippen molar-refractivity contribution in [2.75, 3.05) is 0 Å². The van der Waals surface area contributed by atoms with E-state index in [4.69, 9.17) is 4.74 Å². The molecule has 0 N–H and O–H groups in total. The summed E-state index contributed by atoms with van der Waals surface area (Å²) in [4.78, 5) is 9.05. The first-order valence-electron chi connectivity index (χ1n) is 9.07. The van der Waals surface area contributed by atoms with Gasteiger partial charge in [0.05, 0.1) is 11.6 Å². The summed E-state index contributed by atoms with van der Waals surface area (Å²) < 4.78 is 7.19. The van der Waals surface area contributed by atoms with Crippen LogP contribution in [-0.4, -0.2) is 20.0 Å². The molecule has 2 aliphatic carbocycles. The van der Waals surface area contributed by atoms with Gasteiger partial charge in [-0.2, -0.15) is 0 Å². The largest absolute Gasteiger partial charge is 0.488 e. The van der Waals surface area contributed by atoms with Crippen molar-refractivity contribution in [2.45, 2.75) is 35.7 Å². The van der Waals surface area contributed by atoms with Crippen molar-refractivity contribution < 1.29 is 4.74 Å². The maximum absolute atomic E-state index is 6.42. The normalized spacial score (nSPS) is 28.4. The summed E-state index contributed by atoms with van der Waals surface area (Å²) in [6.07, 6.45) is 22.8. The van der Waals surface area contributed by atoms with Crippen molar-refractivity contribution in [1.82, 2.24) is 9.97 Å². The van der Waals surface area contributed by atoms with E-state index in [2.05, 4.69) is 69.0 Å². The van der Waals surface area contributed by atoms with E-state index in [1.807, 2.05) is 18.2 Å². The molecule has 0 spiro atoms. The summed E-state index contributed by atoms with van der Waals surface area (Å²) in [6, 6.07) is 4.20. The molecule has 1 fully saturated rings. The molecule has 2 aromatic rings. The predicted molar refractivity (Wildman–Crippen MR) is 116 cm³/mol. The zero-order valence-electron chi connectivity index (χ0n) is 14.5. The number of aromatic nitrogens is 2. The molecule has 0 unspecified atom stereocenters. The van der Waals surface area contributed by atoms with Gasteiger partial charge in [-0.15, -0.1) is 0 Å². The highest BCUT2D eigenvalue weighted by atomic mass is 127. The molecule has 0 saturated heterocycles. The SMILES string of the molecule is IC1CCC(Oc2cc(C3=C/C=C\C=C/C=C\3)cc3nccnc23)CC1. The molecule has 132 valence electrons. The summed E-state index contributed by atoms with van der Waals surface area (Å²) in [5.74, 6) is 0.846. The highest BCUT2D eigenvalue weighted by Crippen LogP contribution is 2.33. The van der Waals surface area contributed by atoms with Crippen LogP contribution in [0.4, 0.5) is 0 Å². The molecule has 0 atom stereocenters. The van der Waals surface area contributed by atoms with E-state index in [9.17, 15) is 0 Å². The molecule has 26 heavy (non-hydrogen) atoms. The summed E-state index contributed by atoms with van der Waals surface area (Å²) in [5, 5.41) is 0.